The molecule has 0 aliphatic rings. The zero-order chi connectivity index (χ0) is 13.7. The van der Waals surface area contributed by atoms with Crippen LogP contribution in [0.15, 0.2) is 0 Å². The first-order valence-corrected chi connectivity index (χ1v) is 8.41. The van der Waals surface area contributed by atoms with Gasteiger partial charge in [-0.05, 0) is 19.8 Å². The van der Waals surface area contributed by atoms with Gasteiger partial charge in [-0.3, -0.25) is 0 Å². The van der Waals surface area contributed by atoms with E-state index in [1.807, 2.05) is 0 Å². The highest BCUT2D eigenvalue weighted by Crippen LogP contribution is 2.18. The summed E-state index contributed by atoms with van der Waals surface area (Å²) in [4.78, 5) is 0. The van der Waals surface area contributed by atoms with Gasteiger partial charge in [-0.2, -0.15) is 0 Å². The second-order valence-electron chi connectivity index (χ2n) is 6.34. The molecule has 1 heteroatoms. The molecule has 0 aromatic rings. The summed E-state index contributed by atoms with van der Waals surface area (Å²) in [5.74, 6) is 0. The molecule has 2 N–H and O–H groups in total. The van der Waals surface area contributed by atoms with E-state index in [2.05, 4.69) is 20.8 Å². The Morgan fingerprint density at radius 2 is 1.06 bits per heavy atom. The van der Waals surface area contributed by atoms with E-state index in [4.69, 9.17) is 5.73 Å². The van der Waals surface area contributed by atoms with Crippen LogP contribution in [0.2, 0.25) is 0 Å². The van der Waals surface area contributed by atoms with E-state index in [0.29, 0.717) is 0 Å². The minimum atomic E-state index is 0.0922. The number of nitrogens with two attached hydrogens (primary N) is 1. The molecule has 18 heavy (non-hydrogen) atoms. The number of unbranched alkanes of at least 4 members (excludes halogenated alkanes) is 9. The van der Waals surface area contributed by atoms with E-state index in [1.165, 1.54) is 83.5 Å². The molecule has 1 nitrogen and oxygen atoms in total. The van der Waals surface area contributed by atoms with E-state index in [9.17, 15) is 0 Å². The maximum atomic E-state index is 6.24. The minimum Gasteiger partial charge on any atom is -0.325 e. The van der Waals surface area contributed by atoms with Gasteiger partial charge in [0.25, 0.3) is 0 Å². The van der Waals surface area contributed by atoms with E-state index >= 15 is 0 Å². The molecule has 0 rings (SSSR count). The highest BCUT2D eigenvalue weighted by molar-refractivity contribution is 4.77. The van der Waals surface area contributed by atoms with Crippen LogP contribution < -0.4 is 5.73 Å². The molecular formula is C17H37N. The molecule has 0 aromatic carbocycles. The van der Waals surface area contributed by atoms with E-state index in [1.54, 1.807) is 0 Å². The molecule has 0 spiro atoms. The minimum absolute atomic E-state index is 0.0922. The van der Waals surface area contributed by atoms with Crippen molar-refractivity contribution in [2.45, 2.75) is 110 Å². The topological polar surface area (TPSA) is 26.0 Å². The molecular weight excluding hydrogens is 218 g/mol. The van der Waals surface area contributed by atoms with Crippen LogP contribution in [0.4, 0.5) is 0 Å². The first-order chi connectivity index (χ1) is 8.62. The maximum absolute atomic E-state index is 6.24. The monoisotopic (exact) mass is 255 g/mol. The molecule has 0 fully saturated rings. The lowest BCUT2D eigenvalue weighted by atomic mass is 9.90. The Bertz CT molecular complexity index is 163. The van der Waals surface area contributed by atoms with Gasteiger partial charge in [-0.25, -0.2) is 0 Å². The van der Waals surface area contributed by atoms with Crippen LogP contribution in [-0.2, 0) is 0 Å². The predicted octanol–water partition coefficient (Wildman–Crippen LogP) is 5.81. The average Bonchev–Trinajstić information content (AvgIpc) is 2.31. The van der Waals surface area contributed by atoms with Crippen molar-refractivity contribution in [2.24, 2.45) is 5.73 Å². The number of hydrogen-bond acceptors (Lipinski definition) is 1. The van der Waals surface area contributed by atoms with Crippen LogP contribution in [0, 0.1) is 0 Å². The molecule has 0 bridgehead atoms. The van der Waals surface area contributed by atoms with Crippen molar-refractivity contribution in [1.82, 2.24) is 0 Å². The van der Waals surface area contributed by atoms with Gasteiger partial charge < -0.3 is 5.73 Å². The predicted molar refractivity (Wildman–Crippen MR) is 84.0 cm³/mol. The summed E-state index contributed by atoms with van der Waals surface area (Å²) in [5, 5.41) is 0. The van der Waals surface area contributed by atoms with E-state index < -0.39 is 0 Å². The molecule has 0 saturated carbocycles. The largest absolute Gasteiger partial charge is 0.325 e. The second-order valence-corrected chi connectivity index (χ2v) is 6.34. The fraction of sp³-hybridized carbons (Fsp3) is 1.00. The molecule has 0 saturated heterocycles. The van der Waals surface area contributed by atoms with Gasteiger partial charge in [0, 0.05) is 5.54 Å². The molecule has 110 valence electrons. The van der Waals surface area contributed by atoms with Gasteiger partial charge in [0.15, 0.2) is 0 Å². The summed E-state index contributed by atoms with van der Waals surface area (Å²) < 4.78 is 0. The molecule has 0 aliphatic heterocycles. The third-order valence-corrected chi connectivity index (χ3v) is 3.92. The standard InChI is InChI=1S/C17H37N/c1-4-6-7-8-9-10-11-12-13-14-16-17(3,18)15-5-2/h4-16,18H2,1-3H3. The lowest BCUT2D eigenvalue weighted by Gasteiger charge is -2.23. The summed E-state index contributed by atoms with van der Waals surface area (Å²) in [6.07, 6.45) is 17.7. The normalized spacial score (nSPS) is 14.7. The quantitative estimate of drug-likeness (QED) is 0.413. The smallest absolute Gasteiger partial charge is 0.0125 e. The van der Waals surface area contributed by atoms with Gasteiger partial charge in [-0.15, -0.1) is 0 Å². The fourth-order valence-corrected chi connectivity index (χ4v) is 2.71. The molecule has 0 aliphatic carbocycles. The van der Waals surface area contributed by atoms with Gasteiger partial charge in [0.1, 0.15) is 0 Å². The number of rotatable bonds is 13. The summed E-state index contributed by atoms with van der Waals surface area (Å²) in [6.45, 7) is 6.72. The summed E-state index contributed by atoms with van der Waals surface area (Å²) in [7, 11) is 0. The zero-order valence-corrected chi connectivity index (χ0v) is 13.3. The lowest BCUT2D eigenvalue weighted by molar-refractivity contribution is 0.376. The van der Waals surface area contributed by atoms with E-state index in [0.717, 1.165) is 0 Å². The van der Waals surface area contributed by atoms with Crippen molar-refractivity contribution in [3.8, 4) is 0 Å². The average molecular weight is 255 g/mol. The third-order valence-electron chi connectivity index (χ3n) is 3.92. The van der Waals surface area contributed by atoms with Crippen molar-refractivity contribution >= 4 is 0 Å². The van der Waals surface area contributed by atoms with Gasteiger partial charge in [0.2, 0.25) is 0 Å². The van der Waals surface area contributed by atoms with Crippen molar-refractivity contribution in [1.29, 1.82) is 0 Å². The van der Waals surface area contributed by atoms with Gasteiger partial charge >= 0.3 is 0 Å². The molecule has 0 heterocycles. The third kappa shape index (κ3) is 12.4. The van der Waals surface area contributed by atoms with Crippen LogP contribution >= 0.6 is 0 Å². The van der Waals surface area contributed by atoms with Crippen LogP contribution in [0.5, 0.6) is 0 Å². The van der Waals surface area contributed by atoms with E-state index in [-0.39, 0.29) is 5.54 Å². The molecule has 1 atom stereocenters. The fourth-order valence-electron chi connectivity index (χ4n) is 2.71. The summed E-state index contributed by atoms with van der Waals surface area (Å²) >= 11 is 0. The Hall–Kier alpha value is -0.0400. The SMILES string of the molecule is CCCCCCCCCCCCC(C)(N)CCC. The molecule has 0 aromatic heterocycles. The van der Waals surface area contributed by atoms with Crippen LogP contribution in [0.1, 0.15) is 104 Å². The summed E-state index contributed by atoms with van der Waals surface area (Å²) in [5.41, 5.74) is 6.33. The molecule has 0 radical (unpaired) electrons. The summed E-state index contributed by atoms with van der Waals surface area (Å²) in [6, 6.07) is 0. The first-order valence-electron chi connectivity index (χ1n) is 8.41. The molecule has 1 unspecified atom stereocenters. The van der Waals surface area contributed by atoms with Crippen molar-refractivity contribution in [3.63, 3.8) is 0 Å². The van der Waals surface area contributed by atoms with Crippen molar-refractivity contribution < 1.29 is 0 Å². The van der Waals surface area contributed by atoms with Crippen LogP contribution in [0.25, 0.3) is 0 Å². The Kier molecular flexibility index (Phi) is 12.0. The van der Waals surface area contributed by atoms with Crippen LogP contribution in [-0.4, -0.2) is 5.54 Å². The molecule has 0 amide bonds. The van der Waals surface area contributed by atoms with Crippen molar-refractivity contribution in [2.75, 3.05) is 0 Å². The highest BCUT2D eigenvalue weighted by atomic mass is 14.7. The van der Waals surface area contributed by atoms with Gasteiger partial charge in [-0.1, -0.05) is 84.5 Å². The van der Waals surface area contributed by atoms with Crippen LogP contribution in [0.3, 0.4) is 0 Å². The Balaban J connectivity index is 3.16. The second kappa shape index (κ2) is 12.0. The Morgan fingerprint density at radius 1 is 0.611 bits per heavy atom. The Morgan fingerprint density at radius 3 is 1.50 bits per heavy atom. The maximum Gasteiger partial charge on any atom is 0.0125 e. The zero-order valence-electron chi connectivity index (χ0n) is 13.3. The Labute approximate surface area is 116 Å². The first kappa shape index (κ1) is 18.0. The van der Waals surface area contributed by atoms with Gasteiger partial charge in [0.05, 0.1) is 0 Å². The van der Waals surface area contributed by atoms with Crippen molar-refractivity contribution in [3.05, 3.63) is 0 Å². The lowest BCUT2D eigenvalue weighted by Crippen LogP contribution is -2.35. The number of hydrogen-bond donors (Lipinski definition) is 1. The highest BCUT2D eigenvalue weighted by Gasteiger charge is 2.15.